The summed E-state index contributed by atoms with van der Waals surface area (Å²) in [6.45, 7) is 4.67. The molecule has 0 radical (unpaired) electrons. The number of thiazole rings is 1. The van der Waals surface area contributed by atoms with Crippen LogP contribution in [0.5, 0.6) is 0 Å². The number of amides is 3. The second kappa shape index (κ2) is 9.65. The van der Waals surface area contributed by atoms with Crippen LogP contribution in [0.3, 0.4) is 0 Å². The van der Waals surface area contributed by atoms with E-state index in [4.69, 9.17) is 0 Å². The number of carbonyl (C=O) groups excluding carboxylic acids is 3. The number of likely N-dealkylation sites (tertiary alicyclic amines) is 1. The minimum absolute atomic E-state index is 0.0825. The summed E-state index contributed by atoms with van der Waals surface area (Å²) in [7, 11) is 0. The molecule has 1 aliphatic heterocycles. The maximum Gasteiger partial charge on any atom is 0.231 e. The largest absolute Gasteiger partial charge is 0.342 e. The van der Waals surface area contributed by atoms with E-state index in [-0.39, 0.29) is 23.6 Å². The monoisotopic (exact) mass is 414 g/mol. The minimum Gasteiger partial charge on any atom is -0.342 e. The van der Waals surface area contributed by atoms with Gasteiger partial charge in [0.15, 0.2) is 5.13 Å². The summed E-state index contributed by atoms with van der Waals surface area (Å²) in [4.78, 5) is 42.2. The third-order valence-corrected chi connectivity index (χ3v) is 5.60. The lowest BCUT2D eigenvalue weighted by Crippen LogP contribution is -2.43. The van der Waals surface area contributed by atoms with Crippen molar-refractivity contribution in [3.8, 4) is 11.3 Å². The Bertz CT molecular complexity index is 878. The lowest BCUT2D eigenvalue weighted by Gasteiger charge is -2.31. The van der Waals surface area contributed by atoms with Crippen LogP contribution in [0.2, 0.25) is 0 Å². The minimum atomic E-state index is -0.200. The highest BCUT2D eigenvalue weighted by atomic mass is 32.1. The number of anilines is 2. The Hall–Kier alpha value is -2.74. The first kappa shape index (κ1) is 21.0. The number of carbonyl (C=O) groups is 3. The van der Waals surface area contributed by atoms with Crippen LogP contribution in [0.25, 0.3) is 11.3 Å². The molecule has 0 aliphatic carbocycles. The molecule has 1 saturated heterocycles. The Labute approximate surface area is 174 Å². The van der Waals surface area contributed by atoms with Gasteiger partial charge >= 0.3 is 0 Å². The van der Waals surface area contributed by atoms with Crippen molar-refractivity contribution in [2.45, 2.75) is 39.5 Å². The summed E-state index contributed by atoms with van der Waals surface area (Å²) in [5.41, 5.74) is 2.40. The van der Waals surface area contributed by atoms with Gasteiger partial charge in [-0.3, -0.25) is 14.4 Å². The third kappa shape index (κ3) is 5.63. The zero-order valence-electron chi connectivity index (χ0n) is 16.7. The van der Waals surface area contributed by atoms with E-state index in [9.17, 15) is 14.4 Å². The van der Waals surface area contributed by atoms with Crippen molar-refractivity contribution >= 4 is 39.9 Å². The van der Waals surface area contributed by atoms with E-state index >= 15 is 0 Å². The fraction of sp³-hybridized carbons (Fsp3) is 0.429. The molecule has 0 spiro atoms. The molecule has 1 aromatic carbocycles. The molecule has 154 valence electrons. The number of benzene rings is 1. The summed E-state index contributed by atoms with van der Waals surface area (Å²) in [5, 5.41) is 8.07. The molecule has 1 atom stereocenters. The SMILES string of the molecule is CCCC(=O)N1CCCC(C(=O)Nc2nc(-c3ccc(NC(C)=O)cc3)cs2)C1. The summed E-state index contributed by atoms with van der Waals surface area (Å²) in [6, 6.07) is 7.39. The predicted molar refractivity (Wildman–Crippen MR) is 115 cm³/mol. The van der Waals surface area contributed by atoms with Crippen LogP contribution in [0.4, 0.5) is 10.8 Å². The zero-order chi connectivity index (χ0) is 20.8. The number of hydrogen-bond donors (Lipinski definition) is 2. The van der Waals surface area contributed by atoms with Gasteiger partial charge in [-0.15, -0.1) is 11.3 Å². The van der Waals surface area contributed by atoms with Crippen molar-refractivity contribution in [3.05, 3.63) is 29.6 Å². The fourth-order valence-corrected chi connectivity index (χ4v) is 4.11. The Balaban J connectivity index is 1.60. The van der Waals surface area contributed by atoms with Gasteiger partial charge < -0.3 is 15.5 Å². The van der Waals surface area contributed by atoms with Gasteiger partial charge in [0.2, 0.25) is 17.7 Å². The van der Waals surface area contributed by atoms with Gasteiger partial charge in [0.1, 0.15) is 0 Å². The highest BCUT2D eigenvalue weighted by Gasteiger charge is 2.28. The first-order valence-electron chi connectivity index (χ1n) is 9.88. The van der Waals surface area contributed by atoms with E-state index in [1.165, 1.54) is 18.3 Å². The number of piperidine rings is 1. The topological polar surface area (TPSA) is 91.4 Å². The highest BCUT2D eigenvalue weighted by Crippen LogP contribution is 2.27. The van der Waals surface area contributed by atoms with Crippen molar-refractivity contribution in [3.63, 3.8) is 0 Å². The van der Waals surface area contributed by atoms with Crippen LogP contribution in [-0.4, -0.2) is 40.7 Å². The van der Waals surface area contributed by atoms with E-state index < -0.39 is 0 Å². The zero-order valence-corrected chi connectivity index (χ0v) is 17.6. The van der Waals surface area contributed by atoms with Crippen molar-refractivity contribution in [1.82, 2.24) is 9.88 Å². The molecule has 1 unspecified atom stereocenters. The average molecular weight is 415 g/mol. The normalized spacial score (nSPS) is 16.3. The van der Waals surface area contributed by atoms with Crippen molar-refractivity contribution in [1.29, 1.82) is 0 Å². The number of aromatic nitrogens is 1. The van der Waals surface area contributed by atoms with E-state index in [1.54, 1.807) is 4.90 Å². The quantitative estimate of drug-likeness (QED) is 0.753. The van der Waals surface area contributed by atoms with Crippen molar-refractivity contribution < 1.29 is 14.4 Å². The molecule has 29 heavy (non-hydrogen) atoms. The Morgan fingerprint density at radius 1 is 1.21 bits per heavy atom. The van der Waals surface area contributed by atoms with Crippen LogP contribution in [-0.2, 0) is 14.4 Å². The van der Waals surface area contributed by atoms with Gasteiger partial charge in [0.05, 0.1) is 11.6 Å². The molecule has 2 heterocycles. The number of nitrogens with zero attached hydrogens (tertiary/aromatic N) is 2. The van der Waals surface area contributed by atoms with E-state index in [0.717, 1.165) is 42.8 Å². The van der Waals surface area contributed by atoms with E-state index in [1.807, 2.05) is 36.6 Å². The second-order valence-electron chi connectivity index (χ2n) is 7.21. The molecule has 0 saturated carbocycles. The summed E-state index contributed by atoms with van der Waals surface area (Å²) < 4.78 is 0. The number of nitrogens with one attached hydrogen (secondary N) is 2. The molecule has 8 heteroatoms. The molecule has 1 fully saturated rings. The standard InChI is InChI=1S/C21H26N4O3S/c1-3-5-19(27)25-11-4-6-16(12-25)20(28)24-21-23-18(13-29-21)15-7-9-17(10-8-15)22-14(2)26/h7-10,13,16H,3-6,11-12H2,1-2H3,(H,22,26)(H,23,24,28). The van der Waals surface area contributed by atoms with Crippen molar-refractivity contribution in [2.75, 3.05) is 23.7 Å². The number of rotatable bonds is 6. The lowest BCUT2D eigenvalue weighted by atomic mass is 9.97. The summed E-state index contributed by atoms with van der Waals surface area (Å²) in [5.74, 6) is -0.270. The van der Waals surface area contributed by atoms with Crippen LogP contribution in [0, 0.1) is 5.92 Å². The van der Waals surface area contributed by atoms with Crippen LogP contribution in [0.15, 0.2) is 29.6 Å². The molecule has 1 aliphatic rings. The van der Waals surface area contributed by atoms with Gasteiger partial charge in [0, 0.05) is 43.1 Å². The first-order valence-corrected chi connectivity index (χ1v) is 10.8. The Kier molecular flexibility index (Phi) is 6.98. The molecule has 3 amide bonds. The smallest absolute Gasteiger partial charge is 0.231 e. The predicted octanol–water partition coefficient (Wildman–Crippen LogP) is 3.75. The van der Waals surface area contributed by atoms with Gasteiger partial charge in [-0.05, 0) is 31.4 Å². The number of hydrogen-bond acceptors (Lipinski definition) is 5. The highest BCUT2D eigenvalue weighted by molar-refractivity contribution is 7.14. The molecular formula is C21H26N4O3S. The molecule has 7 nitrogen and oxygen atoms in total. The van der Waals surface area contributed by atoms with Crippen LogP contribution < -0.4 is 10.6 Å². The van der Waals surface area contributed by atoms with E-state index in [0.29, 0.717) is 18.1 Å². The lowest BCUT2D eigenvalue weighted by molar-refractivity contribution is -0.134. The molecular weight excluding hydrogens is 388 g/mol. The van der Waals surface area contributed by atoms with Crippen LogP contribution >= 0.6 is 11.3 Å². The first-order chi connectivity index (χ1) is 14.0. The average Bonchev–Trinajstić information content (AvgIpc) is 3.17. The Morgan fingerprint density at radius 2 is 1.97 bits per heavy atom. The summed E-state index contributed by atoms with van der Waals surface area (Å²) >= 11 is 1.37. The molecule has 0 bridgehead atoms. The Morgan fingerprint density at radius 3 is 2.66 bits per heavy atom. The van der Waals surface area contributed by atoms with Gasteiger partial charge in [-0.2, -0.15) is 0 Å². The maximum atomic E-state index is 12.7. The van der Waals surface area contributed by atoms with E-state index in [2.05, 4.69) is 15.6 Å². The molecule has 2 N–H and O–H groups in total. The fourth-order valence-electron chi connectivity index (χ4n) is 3.39. The van der Waals surface area contributed by atoms with Crippen molar-refractivity contribution in [2.24, 2.45) is 5.92 Å². The third-order valence-electron chi connectivity index (χ3n) is 4.84. The van der Waals surface area contributed by atoms with Crippen LogP contribution in [0.1, 0.15) is 39.5 Å². The molecule has 3 rings (SSSR count). The second-order valence-corrected chi connectivity index (χ2v) is 8.07. The van der Waals surface area contributed by atoms with Gasteiger partial charge in [-0.1, -0.05) is 19.1 Å². The maximum absolute atomic E-state index is 12.7. The summed E-state index contributed by atoms with van der Waals surface area (Å²) in [6.07, 6.45) is 2.98. The van der Waals surface area contributed by atoms with Gasteiger partial charge in [-0.25, -0.2) is 4.98 Å². The molecule has 1 aromatic heterocycles. The van der Waals surface area contributed by atoms with Gasteiger partial charge in [0.25, 0.3) is 0 Å². The molecule has 2 aromatic rings.